The number of hydrogen-bond acceptors (Lipinski definition) is 7. The van der Waals surface area contributed by atoms with Crippen molar-refractivity contribution in [3.63, 3.8) is 0 Å². The van der Waals surface area contributed by atoms with Crippen molar-refractivity contribution in [2.45, 2.75) is 61.9 Å². The van der Waals surface area contributed by atoms with Gasteiger partial charge in [0.15, 0.2) is 4.75 Å². The number of ether oxygens (including phenoxy) is 4. The highest BCUT2D eigenvalue weighted by molar-refractivity contribution is 8.16. The van der Waals surface area contributed by atoms with Gasteiger partial charge in [0, 0.05) is 13.2 Å². The number of carbonyl (C=O) groups is 2. The smallest absolute Gasteiger partial charge is 0.293 e. The van der Waals surface area contributed by atoms with Gasteiger partial charge in [-0.05, 0) is 50.3 Å². The summed E-state index contributed by atoms with van der Waals surface area (Å²) < 4.78 is 21.8. The van der Waals surface area contributed by atoms with Crippen molar-refractivity contribution >= 4 is 22.9 Å². The van der Waals surface area contributed by atoms with Crippen LogP contribution in [0.4, 0.5) is 4.79 Å². The lowest BCUT2D eigenvalue weighted by molar-refractivity contribution is -0.234. The maximum absolute atomic E-state index is 13.4. The molecule has 4 aliphatic rings. The first kappa shape index (κ1) is 16.8. The molecule has 4 heterocycles. The maximum Gasteiger partial charge on any atom is 0.293 e. The summed E-state index contributed by atoms with van der Waals surface area (Å²) in [6.45, 7) is 2.22. The zero-order chi connectivity index (χ0) is 16.6. The molecule has 3 unspecified atom stereocenters. The fourth-order valence-corrected chi connectivity index (χ4v) is 5.30. The van der Waals surface area contributed by atoms with Crippen LogP contribution < -0.4 is 0 Å². The number of hydrogen-bond donors (Lipinski definition) is 0. The fourth-order valence-electron chi connectivity index (χ4n) is 3.92. The van der Waals surface area contributed by atoms with Crippen molar-refractivity contribution in [2.24, 2.45) is 0 Å². The van der Waals surface area contributed by atoms with Crippen LogP contribution in [0.2, 0.25) is 0 Å². The molecule has 0 saturated carbocycles. The van der Waals surface area contributed by atoms with Gasteiger partial charge in [-0.3, -0.25) is 9.59 Å². The lowest BCUT2D eigenvalue weighted by atomic mass is 9.87. The number of imide groups is 1. The van der Waals surface area contributed by atoms with Crippen molar-refractivity contribution in [2.75, 3.05) is 26.4 Å². The van der Waals surface area contributed by atoms with Crippen LogP contribution in [0.3, 0.4) is 0 Å². The summed E-state index contributed by atoms with van der Waals surface area (Å²) >= 11 is 1.05. The molecule has 24 heavy (non-hydrogen) atoms. The van der Waals surface area contributed by atoms with Crippen molar-refractivity contribution < 1.29 is 28.5 Å². The van der Waals surface area contributed by atoms with E-state index in [1.165, 1.54) is 0 Å². The van der Waals surface area contributed by atoms with Gasteiger partial charge in [0.25, 0.3) is 11.1 Å². The summed E-state index contributed by atoms with van der Waals surface area (Å²) in [6, 6.07) is 0. The Labute approximate surface area is 145 Å². The standard InChI is InChI=1S/C16H23NO6S/c18-13-16(12-6-3-8-21-12,11-5-1-2-7-20-11)24-14(19)17(13)15-22-9-4-10-23-15/h11-12,15H,1-10H2. The molecule has 0 aliphatic carbocycles. The van der Waals surface area contributed by atoms with Gasteiger partial charge >= 0.3 is 0 Å². The molecule has 134 valence electrons. The molecule has 8 heteroatoms. The Morgan fingerprint density at radius 3 is 2.08 bits per heavy atom. The van der Waals surface area contributed by atoms with Gasteiger partial charge in [-0.25, -0.2) is 4.90 Å². The minimum Gasteiger partial charge on any atom is -0.376 e. The Kier molecular flexibility index (Phi) is 4.83. The molecule has 0 aromatic heterocycles. The summed E-state index contributed by atoms with van der Waals surface area (Å²) in [7, 11) is 0. The van der Waals surface area contributed by atoms with E-state index in [0.717, 1.165) is 55.2 Å². The van der Waals surface area contributed by atoms with Crippen molar-refractivity contribution in [1.82, 2.24) is 4.90 Å². The molecule has 4 aliphatic heterocycles. The van der Waals surface area contributed by atoms with E-state index >= 15 is 0 Å². The first-order chi connectivity index (χ1) is 11.7. The molecule has 4 rings (SSSR count). The maximum atomic E-state index is 13.4. The Morgan fingerprint density at radius 2 is 1.46 bits per heavy atom. The molecule has 4 fully saturated rings. The van der Waals surface area contributed by atoms with E-state index in [1.54, 1.807) is 0 Å². The molecule has 4 saturated heterocycles. The van der Waals surface area contributed by atoms with Gasteiger partial charge in [-0.1, -0.05) is 0 Å². The minimum absolute atomic E-state index is 0.275. The quantitative estimate of drug-likeness (QED) is 0.763. The Balaban J connectivity index is 1.65. The van der Waals surface area contributed by atoms with E-state index in [4.69, 9.17) is 18.9 Å². The number of amides is 2. The van der Waals surface area contributed by atoms with Crippen LogP contribution in [0.15, 0.2) is 0 Å². The predicted octanol–water partition coefficient (Wildman–Crippen LogP) is 1.89. The third kappa shape index (κ3) is 2.68. The summed E-state index contributed by atoms with van der Waals surface area (Å²) in [4.78, 5) is 27.2. The fraction of sp³-hybridized carbons (Fsp3) is 0.875. The molecular weight excluding hydrogens is 334 g/mol. The van der Waals surface area contributed by atoms with Gasteiger partial charge in [-0.15, -0.1) is 0 Å². The summed E-state index contributed by atoms with van der Waals surface area (Å²) in [5, 5.41) is -0.323. The molecule has 2 amide bonds. The highest BCUT2D eigenvalue weighted by atomic mass is 32.2. The van der Waals surface area contributed by atoms with Crippen molar-refractivity contribution in [3.8, 4) is 0 Å². The van der Waals surface area contributed by atoms with Crippen molar-refractivity contribution in [1.29, 1.82) is 0 Å². The predicted molar refractivity (Wildman–Crippen MR) is 85.4 cm³/mol. The highest BCUT2D eigenvalue weighted by Gasteiger charge is 2.64. The normalized spacial score (nSPS) is 38.9. The van der Waals surface area contributed by atoms with Gasteiger partial charge in [0.05, 0.1) is 25.4 Å². The second kappa shape index (κ2) is 6.92. The van der Waals surface area contributed by atoms with Crippen LogP contribution in [-0.4, -0.2) is 65.8 Å². The molecule has 0 spiro atoms. The lowest BCUT2D eigenvalue weighted by Gasteiger charge is -2.40. The van der Waals surface area contributed by atoms with E-state index in [2.05, 4.69) is 0 Å². The van der Waals surface area contributed by atoms with Gasteiger partial charge < -0.3 is 18.9 Å². The Morgan fingerprint density at radius 1 is 0.833 bits per heavy atom. The van der Waals surface area contributed by atoms with Gasteiger partial charge in [0.2, 0.25) is 6.41 Å². The first-order valence-electron chi connectivity index (χ1n) is 8.76. The molecule has 0 N–H and O–H groups in total. The van der Waals surface area contributed by atoms with Crippen LogP contribution in [0.5, 0.6) is 0 Å². The Bertz CT molecular complexity index is 499. The molecule has 3 atom stereocenters. The van der Waals surface area contributed by atoms with E-state index in [-0.39, 0.29) is 23.4 Å². The van der Waals surface area contributed by atoms with Crippen LogP contribution in [-0.2, 0) is 23.7 Å². The number of thioether (sulfide) groups is 1. The molecule has 0 radical (unpaired) electrons. The molecule has 0 aromatic carbocycles. The van der Waals surface area contributed by atoms with E-state index < -0.39 is 11.2 Å². The largest absolute Gasteiger partial charge is 0.376 e. The zero-order valence-corrected chi connectivity index (χ0v) is 14.4. The highest BCUT2D eigenvalue weighted by Crippen LogP contribution is 2.50. The second-order valence-electron chi connectivity index (χ2n) is 6.60. The average Bonchev–Trinajstić information content (AvgIpc) is 3.24. The molecular formula is C16H23NO6S. The summed E-state index contributed by atoms with van der Waals surface area (Å²) in [5.41, 5.74) is 0. The number of nitrogens with zero attached hydrogens (tertiary/aromatic N) is 1. The van der Waals surface area contributed by atoms with E-state index in [9.17, 15) is 9.59 Å². The van der Waals surface area contributed by atoms with Gasteiger partial charge in [-0.2, -0.15) is 0 Å². The molecule has 7 nitrogen and oxygen atoms in total. The van der Waals surface area contributed by atoms with Crippen LogP contribution in [0.1, 0.15) is 38.5 Å². The summed E-state index contributed by atoms with van der Waals surface area (Å²) in [5.74, 6) is -0.275. The van der Waals surface area contributed by atoms with Crippen LogP contribution in [0.25, 0.3) is 0 Å². The summed E-state index contributed by atoms with van der Waals surface area (Å²) in [6.07, 6.45) is 3.68. The molecule has 0 aromatic rings. The monoisotopic (exact) mass is 357 g/mol. The molecule has 0 bridgehead atoms. The lowest BCUT2D eigenvalue weighted by Crippen LogP contribution is -2.59. The van der Waals surface area contributed by atoms with Crippen LogP contribution >= 0.6 is 11.8 Å². The zero-order valence-electron chi connectivity index (χ0n) is 13.6. The first-order valence-corrected chi connectivity index (χ1v) is 9.58. The van der Waals surface area contributed by atoms with Gasteiger partial charge in [0.1, 0.15) is 0 Å². The number of rotatable bonds is 3. The number of carbonyl (C=O) groups excluding carboxylic acids is 2. The Hall–Kier alpha value is -0.670. The van der Waals surface area contributed by atoms with Crippen molar-refractivity contribution in [3.05, 3.63) is 0 Å². The second-order valence-corrected chi connectivity index (χ2v) is 7.82. The minimum atomic E-state index is -1.00. The third-order valence-corrected chi connectivity index (χ3v) is 6.50. The SMILES string of the molecule is O=C1SC(C2CCCCO2)(C2CCCO2)C(=O)N1C1OCCCO1. The average molecular weight is 357 g/mol. The van der Waals surface area contributed by atoms with Crippen LogP contribution in [0, 0.1) is 0 Å². The van der Waals surface area contributed by atoms with E-state index in [1.807, 2.05) is 0 Å². The topological polar surface area (TPSA) is 74.3 Å². The van der Waals surface area contributed by atoms with E-state index in [0.29, 0.717) is 26.4 Å². The third-order valence-electron chi connectivity index (χ3n) is 5.09.